The van der Waals surface area contributed by atoms with E-state index in [2.05, 4.69) is 0 Å². The van der Waals surface area contributed by atoms with Crippen molar-refractivity contribution in [2.75, 3.05) is 5.73 Å². The molecule has 0 aliphatic heterocycles. The van der Waals surface area contributed by atoms with Crippen molar-refractivity contribution in [1.82, 2.24) is 0 Å². The lowest BCUT2D eigenvalue weighted by molar-refractivity contribution is -0.388. The first-order chi connectivity index (χ1) is 7.94. The van der Waals surface area contributed by atoms with Gasteiger partial charge < -0.3 is 5.73 Å². The lowest BCUT2D eigenvalue weighted by Gasteiger charge is -2.05. The van der Waals surface area contributed by atoms with Gasteiger partial charge in [-0.1, -0.05) is 0 Å². The van der Waals surface area contributed by atoms with Crippen molar-refractivity contribution in [3.05, 3.63) is 22.2 Å². The van der Waals surface area contributed by atoms with Crippen molar-refractivity contribution in [1.29, 1.82) is 0 Å². The molecule has 0 aliphatic rings. The molecular weight excluding hydrogens is 331 g/mol. The van der Waals surface area contributed by atoms with E-state index in [9.17, 15) is 26.9 Å². The second-order valence-electron chi connectivity index (χ2n) is 2.99. The summed E-state index contributed by atoms with van der Waals surface area (Å²) in [5.41, 5.74) is 3.67. The fraction of sp³-hybridized carbons (Fsp3) is 0. The van der Waals surface area contributed by atoms with Gasteiger partial charge in [-0.3, -0.25) is 10.1 Å². The number of benzene rings is 1. The highest BCUT2D eigenvalue weighted by atomic mass is 35.7. The molecule has 0 spiro atoms. The van der Waals surface area contributed by atoms with Crippen molar-refractivity contribution in [3.8, 4) is 0 Å². The number of nitro groups is 1. The van der Waals surface area contributed by atoms with Gasteiger partial charge in [0.2, 0.25) is 0 Å². The molecule has 0 unspecified atom stereocenters. The van der Waals surface area contributed by atoms with Gasteiger partial charge in [0.15, 0.2) is 4.90 Å². The molecule has 0 aliphatic carbocycles. The third-order valence-corrected chi connectivity index (χ3v) is 4.54. The Morgan fingerprint density at radius 2 is 1.50 bits per heavy atom. The van der Waals surface area contributed by atoms with Crippen LogP contribution in [0.15, 0.2) is 21.9 Å². The van der Waals surface area contributed by atoms with Crippen LogP contribution in [0, 0.1) is 10.1 Å². The zero-order chi connectivity index (χ0) is 14.3. The average molecular weight is 335 g/mol. The molecule has 100 valence electrons. The smallest absolute Gasteiger partial charge is 0.290 e. The van der Waals surface area contributed by atoms with E-state index >= 15 is 0 Å². The summed E-state index contributed by atoms with van der Waals surface area (Å²) >= 11 is 0. The Hall–Kier alpha value is -1.10. The lowest BCUT2D eigenvalue weighted by Crippen LogP contribution is -2.05. The van der Waals surface area contributed by atoms with Crippen molar-refractivity contribution < 1.29 is 21.8 Å². The van der Waals surface area contributed by atoms with Crippen LogP contribution in [-0.4, -0.2) is 21.8 Å². The van der Waals surface area contributed by atoms with Crippen molar-refractivity contribution in [3.63, 3.8) is 0 Å². The number of hydrogen-bond acceptors (Lipinski definition) is 7. The summed E-state index contributed by atoms with van der Waals surface area (Å²) in [4.78, 5) is 7.88. The molecule has 1 aromatic carbocycles. The van der Waals surface area contributed by atoms with Crippen molar-refractivity contribution in [2.24, 2.45) is 0 Å². The first-order valence-electron chi connectivity index (χ1n) is 3.92. The van der Waals surface area contributed by atoms with Crippen LogP contribution in [0.3, 0.4) is 0 Å². The minimum Gasteiger partial charge on any atom is -0.398 e. The van der Waals surface area contributed by atoms with Crippen LogP contribution in [0.1, 0.15) is 0 Å². The maximum absolute atomic E-state index is 11.1. The number of anilines is 1. The summed E-state index contributed by atoms with van der Waals surface area (Å²) in [7, 11) is 1.17. The summed E-state index contributed by atoms with van der Waals surface area (Å²) in [6.07, 6.45) is 0. The molecule has 0 atom stereocenters. The standard InChI is InChI=1S/C6H4Cl2N2O6S2/c7-17(13,14)5-2-4(10(11)12)6(1-3(5)9)18(8,15)16/h1-2H,9H2. The first kappa shape index (κ1) is 15.0. The van der Waals surface area contributed by atoms with Crippen molar-refractivity contribution >= 4 is 50.8 Å². The van der Waals surface area contributed by atoms with Gasteiger partial charge in [-0.25, -0.2) is 16.8 Å². The predicted molar refractivity (Wildman–Crippen MR) is 63.6 cm³/mol. The molecule has 8 nitrogen and oxygen atoms in total. The Kier molecular flexibility index (Phi) is 3.77. The highest BCUT2D eigenvalue weighted by molar-refractivity contribution is 8.14. The van der Waals surface area contributed by atoms with Crippen LogP contribution in [0.4, 0.5) is 11.4 Å². The number of hydrogen-bond donors (Lipinski definition) is 1. The molecule has 12 heteroatoms. The molecule has 1 aromatic rings. The Labute approximate surface area is 110 Å². The molecule has 0 heterocycles. The molecule has 0 radical (unpaired) electrons. The molecule has 18 heavy (non-hydrogen) atoms. The molecule has 0 fully saturated rings. The molecule has 0 saturated heterocycles. The highest BCUT2D eigenvalue weighted by Crippen LogP contribution is 2.34. The van der Waals surface area contributed by atoms with Gasteiger partial charge in [-0.2, -0.15) is 0 Å². The summed E-state index contributed by atoms with van der Waals surface area (Å²) in [6.45, 7) is 0. The number of nitrogen functional groups attached to an aromatic ring is 1. The molecule has 2 N–H and O–H groups in total. The minimum atomic E-state index is -4.45. The first-order valence-corrected chi connectivity index (χ1v) is 8.53. The Balaban J connectivity index is 3.82. The van der Waals surface area contributed by atoms with Gasteiger partial charge in [-0.15, -0.1) is 0 Å². The monoisotopic (exact) mass is 334 g/mol. The van der Waals surface area contributed by atoms with Crippen LogP contribution in [0.5, 0.6) is 0 Å². The van der Waals surface area contributed by atoms with Crippen LogP contribution in [0.2, 0.25) is 0 Å². The maximum atomic E-state index is 11.1. The van der Waals surface area contributed by atoms with Gasteiger partial charge in [-0.05, 0) is 6.07 Å². The number of rotatable bonds is 3. The van der Waals surface area contributed by atoms with Gasteiger partial charge >= 0.3 is 0 Å². The quantitative estimate of drug-likeness (QED) is 0.377. The Morgan fingerprint density at radius 1 is 1.06 bits per heavy atom. The lowest BCUT2D eigenvalue weighted by atomic mass is 10.3. The third kappa shape index (κ3) is 3.02. The van der Waals surface area contributed by atoms with Gasteiger partial charge in [0.05, 0.1) is 10.6 Å². The van der Waals surface area contributed by atoms with Crippen LogP contribution < -0.4 is 5.73 Å². The van der Waals surface area contributed by atoms with Gasteiger partial charge in [0.25, 0.3) is 23.8 Å². The SMILES string of the molecule is Nc1cc(S(=O)(=O)Cl)c([N+](=O)[O-])cc1S(=O)(=O)Cl. The highest BCUT2D eigenvalue weighted by Gasteiger charge is 2.29. The van der Waals surface area contributed by atoms with E-state index < -0.39 is 44.2 Å². The zero-order valence-corrected chi connectivity index (χ0v) is 11.3. The topological polar surface area (TPSA) is 137 Å². The molecule has 0 aromatic heterocycles. The Morgan fingerprint density at radius 3 is 1.83 bits per heavy atom. The van der Waals surface area contributed by atoms with Crippen LogP contribution in [0.25, 0.3) is 0 Å². The number of nitro benzene ring substituents is 1. The fourth-order valence-corrected chi connectivity index (χ4v) is 3.13. The van der Waals surface area contributed by atoms with E-state index in [-0.39, 0.29) is 0 Å². The molecule has 0 bridgehead atoms. The number of nitrogens with zero attached hydrogens (tertiary/aromatic N) is 1. The van der Waals surface area contributed by atoms with E-state index in [0.717, 1.165) is 0 Å². The fourth-order valence-electron chi connectivity index (χ4n) is 1.11. The maximum Gasteiger partial charge on any atom is 0.290 e. The second-order valence-corrected chi connectivity index (χ2v) is 8.06. The summed E-state index contributed by atoms with van der Waals surface area (Å²) in [5, 5.41) is 10.7. The number of halogens is 2. The summed E-state index contributed by atoms with van der Waals surface area (Å²) in [6, 6.07) is 1.00. The third-order valence-electron chi connectivity index (χ3n) is 1.81. The van der Waals surface area contributed by atoms with E-state index in [1.54, 1.807) is 0 Å². The Bertz CT molecular complexity index is 727. The van der Waals surface area contributed by atoms with Crippen molar-refractivity contribution in [2.45, 2.75) is 9.79 Å². The molecule has 0 saturated carbocycles. The van der Waals surface area contributed by atoms with Crippen LogP contribution in [-0.2, 0) is 18.1 Å². The van der Waals surface area contributed by atoms with E-state index in [0.29, 0.717) is 12.1 Å². The van der Waals surface area contributed by atoms with Crippen LogP contribution >= 0.6 is 21.4 Å². The average Bonchev–Trinajstić information content (AvgIpc) is 2.13. The molecular formula is C6H4Cl2N2O6S2. The number of nitrogens with two attached hydrogens (primary N) is 1. The summed E-state index contributed by atoms with van der Waals surface area (Å²) < 4.78 is 44.3. The zero-order valence-electron chi connectivity index (χ0n) is 8.20. The van der Waals surface area contributed by atoms with E-state index in [4.69, 9.17) is 27.1 Å². The van der Waals surface area contributed by atoms with Gasteiger partial charge in [0.1, 0.15) is 4.90 Å². The second kappa shape index (κ2) is 4.53. The van der Waals surface area contributed by atoms with E-state index in [1.807, 2.05) is 0 Å². The molecule has 0 amide bonds. The molecule has 1 rings (SSSR count). The van der Waals surface area contributed by atoms with E-state index in [1.165, 1.54) is 0 Å². The summed E-state index contributed by atoms with van der Waals surface area (Å²) in [5.74, 6) is 0. The van der Waals surface area contributed by atoms with Gasteiger partial charge in [0, 0.05) is 27.4 Å². The normalized spacial score (nSPS) is 12.3. The minimum absolute atomic E-state index is 0.437. The predicted octanol–water partition coefficient (Wildman–Crippen LogP) is 1.03. The largest absolute Gasteiger partial charge is 0.398 e.